The zero-order valence-corrected chi connectivity index (χ0v) is 18.3. The second-order valence-electron chi connectivity index (χ2n) is 6.48. The van der Waals surface area contributed by atoms with E-state index in [1.54, 1.807) is 60.7 Å². The fourth-order valence-corrected chi connectivity index (χ4v) is 3.21. The number of anilines is 2. The van der Waals surface area contributed by atoms with E-state index in [1.807, 2.05) is 6.07 Å². The minimum absolute atomic E-state index is 0.200. The number of carbonyl (C=O) groups excluding carboxylic acids is 2. The van der Waals surface area contributed by atoms with Crippen LogP contribution < -0.4 is 20.1 Å². The summed E-state index contributed by atoms with van der Waals surface area (Å²) < 4.78 is 11.5. The smallest absolute Gasteiger partial charge is 0.262 e. The molecule has 0 aromatic heterocycles. The van der Waals surface area contributed by atoms with E-state index < -0.39 is 0 Å². The van der Waals surface area contributed by atoms with Crippen molar-refractivity contribution in [3.05, 3.63) is 82.3 Å². The first-order chi connectivity index (χ1) is 15.0. The van der Waals surface area contributed by atoms with Gasteiger partial charge in [0.15, 0.2) is 6.61 Å². The van der Waals surface area contributed by atoms with Gasteiger partial charge in [-0.25, -0.2) is 0 Å². The molecule has 0 aliphatic carbocycles. The van der Waals surface area contributed by atoms with Crippen molar-refractivity contribution in [2.45, 2.75) is 6.61 Å². The standard InChI is InChI=1S/C23H21BrN2O5/c1-30-21-5-3-2-4-19(21)26-23(29)15-6-9-18(10-7-15)25-22(28)14-31-20-11-8-17(24)12-16(20)13-27/h2-12,27H,13-14H2,1H3,(H,25,28)(H,26,29). The average molecular weight is 485 g/mol. The summed E-state index contributed by atoms with van der Waals surface area (Å²) >= 11 is 3.32. The minimum Gasteiger partial charge on any atom is -0.495 e. The molecule has 0 heterocycles. The van der Waals surface area contributed by atoms with Gasteiger partial charge in [0.05, 0.1) is 19.4 Å². The highest BCUT2D eigenvalue weighted by molar-refractivity contribution is 9.10. The number of aliphatic hydroxyl groups excluding tert-OH is 1. The number of amides is 2. The van der Waals surface area contributed by atoms with E-state index >= 15 is 0 Å². The van der Waals surface area contributed by atoms with Gasteiger partial charge < -0.3 is 25.2 Å². The molecular formula is C23H21BrN2O5. The van der Waals surface area contributed by atoms with Crippen molar-refractivity contribution >= 4 is 39.1 Å². The van der Waals surface area contributed by atoms with Crippen molar-refractivity contribution in [3.8, 4) is 11.5 Å². The van der Waals surface area contributed by atoms with Crippen LogP contribution in [-0.4, -0.2) is 30.6 Å². The second-order valence-corrected chi connectivity index (χ2v) is 7.39. The number of hydrogen-bond donors (Lipinski definition) is 3. The largest absolute Gasteiger partial charge is 0.495 e. The Morgan fingerprint density at radius 2 is 1.71 bits per heavy atom. The summed E-state index contributed by atoms with van der Waals surface area (Å²) in [5.41, 5.74) is 2.11. The summed E-state index contributed by atoms with van der Waals surface area (Å²) in [6, 6.07) is 18.8. The summed E-state index contributed by atoms with van der Waals surface area (Å²) in [7, 11) is 1.54. The molecule has 0 saturated carbocycles. The van der Waals surface area contributed by atoms with Crippen LogP contribution in [0.4, 0.5) is 11.4 Å². The topological polar surface area (TPSA) is 96.9 Å². The molecule has 0 radical (unpaired) electrons. The lowest BCUT2D eigenvalue weighted by molar-refractivity contribution is -0.118. The van der Waals surface area contributed by atoms with Gasteiger partial charge in [-0.05, 0) is 54.6 Å². The first kappa shape index (κ1) is 22.3. The number of halogens is 1. The predicted octanol–water partition coefficient (Wildman–Crippen LogP) is 4.22. The minimum atomic E-state index is -0.363. The third-order valence-corrected chi connectivity index (χ3v) is 4.83. The Morgan fingerprint density at radius 3 is 2.42 bits per heavy atom. The maximum atomic E-state index is 12.5. The van der Waals surface area contributed by atoms with Crippen LogP contribution in [0.5, 0.6) is 11.5 Å². The Kier molecular flexibility index (Phi) is 7.64. The summed E-state index contributed by atoms with van der Waals surface area (Å²) in [6.07, 6.45) is 0. The first-order valence-electron chi connectivity index (χ1n) is 9.36. The summed E-state index contributed by atoms with van der Waals surface area (Å²) in [5, 5.41) is 14.9. The van der Waals surface area contributed by atoms with Crippen LogP contribution in [0.15, 0.2) is 71.2 Å². The number of hydrogen-bond acceptors (Lipinski definition) is 5. The van der Waals surface area contributed by atoms with Gasteiger partial charge in [-0.15, -0.1) is 0 Å². The van der Waals surface area contributed by atoms with E-state index in [9.17, 15) is 14.7 Å². The van der Waals surface area contributed by atoms with Crippen molar-refractivity contribution in [2.75, 3.05) is 24.4 Å². The molecule has 0 spiro atoms. The van der Waals surface area contributed by atoms with Gasteiger partial charge in [0.1, 0.15) is 11.5 Å². The number of rotatable bonds is 8. The number of carbonyl (C=O) groups is 2. The zero-order valence-electron chi connectivity index (χ0n) is 16.7. The molecule has 0 fully saturated rings. The molecule has 0 bridgehead atoms. The van der Waals surface area contributed by atoms with Gasteiger partial charge in [-0.3, -0.25) is 9.59 Å². The number of aliphatic hydroxyl groups is 1. The van der Waals surface area contributed by atoms with E-state index in [0.717, 1.165) is 4.47 Å². The van der Waals surface area contributed by atoms with Gasteiger partial charge in [-0.1, -0.05) is 28.1 Å². The van der Waals surface area contributed by atoms with Crippen LogP contribution in [0.25, 0.3) is 0 Å². The van der Waals surface area contributed by atoms with Gasteiger partial charge in [-0.2, -0.15) is 0 Å². The van der Waals surface area contributed by atoms with Gasteiger partial charge >= 0.3 is 0 Å². The van der Waals surface area contributed by atoms with Crippen molar-refractivity contribution in [3.63, 3.8) is 0 Å². The molecule has 8 heteroatoms. The molecule has 3 N–H and O–H groups in total. The molecular weight excluding hydrogens is 464 g/mol. The third kappa shape index (κ3) is 6.07. The monoisotopic (exact) mass is 484 g/mol. The third-order valence-electron chi connectivity index (χ3n) is 4.34. The van der Waals surface area contributed by atoms with Gasteiger partial charge in [0.2, 0.25) is 0 Å². The first-order valence-corrected chi connectivity index (χ1v) is 10.2. The number of benzene rings is 3. The summed E-state index contributed by atoms with van der Waals surface area (Å²) in [6.45, 7) is -0.417. The van der Waals surface area contributed by atoms with Crippen molar-refractivity contribution in [1.29, 1.82) is 0 Å². The highest BCUT2D eigenvalue weighted by Gasteiger charge is 2.11. The number of ether oxygens (including phenoxy) is 2. The highest BCUT2D eigenvalue weighted by Crippen LogP contribution is 2.24. The van der Waals surface area contributed by atoms with Crippen LogP contribution in [0, 0.1) is 0 Å². The molecule has 0 aliphatic rings. The van der Waals surface area contributed by atoms with Crippen molar-refractivity contribution in [1.82, 2.24) is 0 Å². The molecule has 7 nitrogen and oxygen atoms in total. The van der Waals surface area contributed by atoms with Crippen LogP contribution in [0.2, 0.25) is 0 Å². The van der Waals surface area contributed by atoms with E-state index in [1.165, 1.54) is 7.11 Å². The fraction of sp³-hybridized carbons (Fsp3) is 0.130. The Hall–Kier alpha value is -3.36. The van der Waals surface area contributed by atoms with Crippen LogP contribution in [0.1, 0.15) is 15.9 Å². The summed E-state index contributed by atoms with van der Waals surface area (Å²) in [5.74, 6) is 0.342. The predicted molar refractivity (Wildman–Crippen MR) is 122 cm³/mol. The van der Waals surface area contributed by atoms with Crippen molar-refractivity contribution < 1.29 is 24.2 Å². The molecule has 160 valence electrons. The van der Waals surface area contributed by atoms with Gasteiger partial charge in [0.25, 0.3) is 11.8 Å². The zero-order chi connectivity index (χ0) is 22.2. The molecule has 3 rings (SSSR count). The maximum Gasteiger partial charge on any atom is 0.262 e. The number of nitrogens with one attached hydrogen (secondary N) is 2. The number of methoxy groups -OCH3 is 1. The molecule has 2 amide bonds. The lowest BCUT2D eigenvalue weighted by Crippen LogP contribution is -2.20. The SMILES string of the molecule is COc1ccccc1NC(=O)c1ccc(NC(=O)COc2ccc(Br)cc2CO)cc1. The quantitative estimate of drug-likeness (QED) is 0.444. The van der Waals surface area contributed by atoms with E-state index in [0.29, 0.717) is 34.0 Å². The van der Waals surface area contributed by atoms with Crippen LogP contribution in [-0.2, 0) is 11.4 Å². The summed E-state index contributed by atoms with van der Waals surface area (Å²) in [4.78, 5) is 24.6. The fourth-order valence-electron chi connectivity index (χ4n) is 2.80. The van der Waals surface area contributed by atoms with Crippen molar-refractivity contribution in [2.24, 2.45) is 0 Å². The van der Waals surface area contributed by atoms with E-state index in [4.69, 9.17) is 9.47 Å². The molecule has 0 aliphatic heterocycles. The van der Waals surface area contributed by atoms with Crippen LogP contribution in [0.3, 0.4) is 0 Å². The Morgan fingerprint density at radius 1 is 0.968 bits per heavy atom. The lowest BCUT2D eigenvalue weighted by Gasteiger charge is -2.12. The molecule has 3 aromatic carbocycles. The Bertz CT molecular complexity index is 1070. The Balaban J connectivity index is 1.56. The highest BCUT2D eigenvalue weighted by atomic mass is 79.9. The number of para-hydroxylation sites is 2. The van der Waals surface area contributed by atoms with Gasteiger partial charge in [0, 0.05) is 21.3 Å². The van der Waals surface area contributed by atoms with E-state index in [2.05, 4.69) is 26.6 Å². The molecule has 0 atom stereocenters. The van der Waals surface area contributed by atoms with E-state index in [-0.39, 0.29) is 25.0 Å². The average Bonchev–Trinajstić information content (AvgIpc) is 2.79. The maximum absolute atomic E-state index is 12.5. The normalized spacial score (nSPS) is 10.3. The van der Waals surface area contributed by atoms with Crippen LogP contribution >= 0.6 is 15.9 Å². The Labute approximate surface area is 188 Å². The molecule has 0 unspecified atom stereocenters. The molecule has 0 saturated heterocycles. The molecule has 31 heavy (non-hydrogen) atoms. The second kappa shape index (κ2) is 10.6. The lowest BCUT2D eigenvalue weighted by atomic mass is 10.2. The molecule has 3 aromatic rings.